The average Bonchev–Trinajstić information content (AvgIpc) is 1.91. The number of aliphatic hydroxyl groups is 2. The van der Waals surface area contributed by atoms with Gasteiger partial charge < -0.3 is 29.3 Å². The third-order valence-electron chi connectivity index (χ3n) is 0.519. The van der Waals surface area contributed by atoms with Gasteiger partial charge in [-0.15, -0.1) is 6.42 Å². The Morgan fingerprint density at radius 1 is 1.50 bits per heavy atom. The molecular weight excluding hydrogens is 168 g/mol. The summed E-state index contributed by atoms with van der Waals surface area (Å²) in [6, 6.07) is 0. The van der Waals surface area contributed by atoms with Crippen molar-refractivity contribution in [3.63, 3.8) is 0 Å². The zero-order valence-corrected chi connectivity index (χ0v) is 8.36. The Balaban J connectivity index is -0.0000000412. The minimum absolute atomic E-state index is 0. The molecule has 0 aliphatic rings. The van der Waals surface area contributed by atoms with E-state index in [0.717, 1.165) is 7.11 Å². The molecule has 62 valence electrons. The summed E-state index contributed by atoms with van der Waals surface area (Å²) in [4.78, 5) is 0. The van der Waals surface area contributed by atoms with E-state index in [4.69, 9.17) is 10.2 Å². The molecule has 0 aromatic rings. The van der Waals surface area contributed by atoms with Crippen LogP contribution in [0.4, 0.5) is 0 Å². The Hall–Kier alpha value is 0.594. The van der Waals surface area contributed by atoms with E-state index in [9.17, 15) is 0 Å². The first-order chi connectivity index (χ1) is 3.81. The first-order valence-electron chi connectivity index (χ1n) is 2.26. The Morgan fingerprint density at radius 2 is 1.80 bits per heavy atom. The van der Waals surface area contributed by atoms with Gasteiger partial charge in [-0.3, -0.25) is 0 Å². The molecule has 1 atom stereocenters. The van der Waals surface area contributed by atoms with Gasteiger partial charge in [0.25, 0.3) is 0 Å². The van der Waals surface area contributed by atoms with Gasteiger partial charge in [-0.25, -0.2) is 0 Å². The second-order valence-corrected chi connectivity index (χ2v) is 0.979. The van der Waals surface area contributed by atoms with E-state index in [2.05, 4.69) is 11.7 Å². The number of aliphatic hydroxyl groups excluding tert-OH is 2. The molecule has 3 nitrogen and oxygen atoms in total. The van der Waals surface area contributed by atoms with Crippen LogP contribution in [0.25, 0.3) is 0 Å². The average molecular weight is 184 g/mol. The number of methoxy groups -OCH3 is 1. The molecular formula is C6H16O3Ti. The standard InChI is InChI=1S/C4H9O2.CH4O.CH3.Ti/c1-3-4(5)6-2;1-2;;/h4-5H,1,3H2,2H3;2H,1H3;1H3;/q-1;;-1;+2. The Morgan fingerprint density at radius 3 is 1.80 bits per heavy atom. The first kappa shape index (κ1) is 22.4. The van der Waals surface area contributed by atoms with Gasteiger partial charge >= 0.3 is 21.7 Å². The molecule has 0 heterocycles. The summed E-state index contributed by atoms with van der Waals surface area (Å²) in [6.07, 6.45) is -0.263. The molecule has 0 saturated carbocycles. The minimum Gasteiger partial charge on any atom is -0.400 e. The fourth-order valence-electron chi connectivity index (χ4n) is 0.118. The van der Waals surface area contributed by atoms with Crippen molar-refractivity contribution in [3.8, 4) is 0 Å². The fourth-order valence-corrected chi connectivity index (χ4v) is 0.118. The Kier molecular flexibility index (Phi) is 50.8. The van der Waals surface area contributed by atoms with Crippen molar-refractivity contribution in [2.45, 2.75) is 12.7 Å². The summed E-state index contributed by atoms with van der Waals surface area (Å²) in [5.74, 6) is 0. The van der Waals surface area contributed by atoms with Gasteiger partial charge in [-0.2, -0.15) is 0 Å². The van der Waals surface area contributed by atoms with E-state index in [1.54, 1.807) is 0 Å². The molecule has 0 amide bonds. The van der Waals surface area contributed by atoms with E-state index < -0.39 is 6.29 Å². The van der Waals surface area contributed by atoms with Crippen LogP contribution in [0.2, 0.25) is 0 Å². The fraction of sp³-hybridized carbons (Fsp3) is 0.667. The maximum atomic E-state index is 8.38. The Bertz CT molecular complexity index is 32.2. The number of hydrogen-bond donors (Lipinski definition) is 2. The zero-order chi connectivity index (χ0) is 6.99. The van der Waals surface area contributed by atoms with Gasteiger partial charge in [0.05, 0.1) is 0 Å². The van der Waals surface area contributed by atoms with Crippen LogP contribution in [0.3, 0.4) is 0 Å². The van der Waals surface area contributed by atoms with E-state index in [1.807, 2.05) is 0 Å². The van der Waals surface area contributed by atoms with Crippen LogP contribution in [-0.2, 0) is 26.5 Å². The quantitative estimate of drug-likeness (QED) is 0.367. The molecule has 0 aliphatic heterocycles. The van der Waals surface area contributed by atoms with Crippen LogP contribution in [0.1, 0.15) is 6.42 Å². The smallest absolute Gasteiger partial charge is 0.400 e. The molecule has 0 rings (SSSR count). The molecule has 0 bridgehead atoms. The molecule has 4 heteroatoms. The Labute approximate surface area is 78.3 Å². The second kappa shape index (κ2) is 22.6. The first-order valence-corrected chi connectivity index (χ1v) is 2.26. The van der Waals surface area contributed by atoms with Gasteiger partial charge in [0.2, 0.25) is 0 Å². The number of hydrogen-bond acceptors (Lipinski definition) is 3. The summed E-state index contributed by atoms with van der Waals surface area (Å²) in [6.45, 7) is 3.38. The zero-order valence-electron chi connectivity index (χ0n) is 6.79. The molecule has 10 heavy (non-hydrogen) atoms. The molecule has 0 radical (unpaired) electrons. The third-order valence-corrected chi connectivity index (χ3v) is 0.519. The number of rotatable bonds is 2. The monoisotopic (exact) mass is 184 g/mol. The van der Waals surface area contributed by atoms with Crippen LogP contribution < -0.4 is 0 Å². The van der Waals surface area contributed by atoms with E-state index in [-0.39, 0.29) is 29.1 Å². The summed E-state index contributed by atoms with van der Waals surface area (Å²) in [5.41, 5.74) is 0. The molecule has 1 unspecified atom stereocenters. The van der Waals surface area contributed by atoms with Gasteiger partial charge in [0, 0.05) is 14.2 Å². The summed E-state index contributed by atoms with van der Waals surface area (Å²) in [7, 11) is 2.44. The topological polar surface area (TPSA) is 49.7 Å². The third kappa shape index (κ3) is 23.5. The molecule has 0 aromatic carbocycles. The van der Waals surface area contributed by atoms with Gasteiger partial charge in [0.1, 0.15) is 6.29 Å². The predicted molar refractivity (Wildman–Crippen MR) is 37.5 cm³/mol. The van der Waals surface area contributed by atoms with Crippen molar-refractivity contribution < 1.29 is 36.7 Å². The van der Waals surface area contributed by atoms with Gasteiger partial charge in [0.15, 0.2) is 0 Å². The van der Waals surface area contributed by atoms with Crippen molar-refractivity contribution in [2.75, 3.05) is 14.2 Å². The maximum absolute atomic E-state index is 8.38. The minimum atomic E-state index is -0.676. The van der Waals surface area contributed by atoms with Crippen molar-refractivity contribution in [1.82, 2.24) is 0 Å². The van der Waals surface area contributed by atoms with Crippen LogP contribution in [0, 0.1) is 14.4 Å². The SMILES string of the molecule is CO.[CH2-]CC(O)OC.[CH3-].[Ti+2]. The second-order valence-electron chi connectivity index (χ2n) is 0.979. The normalized spacial score (nSPS) is 9.30. The van der Waals surface area contributed by atoms with E-state index in [0.29, 0.717) is 6.42 Å². The van der Waals surface area contributed by atoms with Crippen molar-refractivity contribution in [1.29, 1.82) is 0 Å². The molecule has 0 aliphatic carbocycles. The van der Waals surface area contributed by atoms with Gasteiger partial charge in [-0.1, -0.05) is 0 Å². The van der Waals surface area contributed by atoms with Crippen LogP contribution in [-0.4, -0.2) is 30.7 Å². The van der Waals surface area contributed by atoms with E-state index in [1.165, 1.54) is 7.11 Å². The predicted octanol–water partition coefficient (Wildman–Crippen LogP) is 0.232. The summed E-state index contributed by atoms with van der Waals surface area (Å²) in [5, 5.41) is 15.4. The molecule has 0 saturated heterocycles. The van der Waals surface area contributed by atoms with Crippen molar-refractivity contribution in [3.05, 3.63) is 14.4 Å². The molecule has 0 spiro atoms. The largest absolute Gasteiger partial charge is 2.00 e. The van der Waals surface area contributed by atoms with Crippen LogP contribution in [0.15, 0.2) is 0 Å². The van der Waals surface area contributed by atoms with Crippen LogP contribution >= 0.6 is 0 Å². The molecule has 2 N–H and O–H groups in total. The number of ether oxygens (including phenoxy) is 1. The van der Waals surface area contributed by atoms with Crippen LogP contribution in [0.5, 0.6) is 0 Å². The van der Waals surface area contributed by atoms with Gasteiger partial charge in [-0.05, 0) is 0 Å². The van der Waals surface area contributed by atoms with E-state index >= 15 is 0 Å². The van der Waals surface area contributed by atoms with Crippen molar-refractivity contribution in [2.24, 2.45) is 0 Å². The maximum Gasteiger partial charge on any atom is 2.00 e. The molecule has 0 fully saturated rings. The summed E-state index contributed by atoms with van der Waals surface area (Å²) >= 11 is 0. The summed E-state index contributed by atoms with van der Waals surface area (Å²) < 4.78 is 4.39. The van der Waals surface area contributed by atoms with Crippen molar-refractivity contribution >= 4 is 0 Å². The molecule has 0 aromatic heterocycles.